The quantitative estimate of drug-likeness (QED) is 0.554. The molecule has 2 unspecified atom stereocenters. The van der Waals surface area contributed by atoms with Gasteiger partial charge in [-0.15, -0.1) is 0 Å². The standard InChI is InChI=1S/C8H17N3O/c1-6-7(4-5-9-6)8(12)10-11(2)3/h6-7,9H,4-5H2,1-3H3,(H,10,12). The van der Waals surface area contributed by atoms with E-state index < -0.39 is 0 Å². The molecule has 2 atom stereocenters. The van der Waals surface area contributed by atoms with Gasteiger partial charge in [-0.05, 0) is 19.9 Å². The van der Waals surface area contributed by atoms with Gasteiger partial charge < -0.3 is 5.32 Å². The van der Waals surface area contributed by atoms with Crippen LogP contribution in [0, 0.1) is 5.92 Å². The van der Waals surface area contributed by atoms with Gasteiger partial charge in [0.1, 0.15) is 0 Å². The maximum Gasteiger partial charge on any atom is 0.238 e. The van der Waals surface area contributed by atoms with E-state index in [1.54, 1.807) is 5.01 Å². The van der Waals surface area contributed by atoms with Crippen LogP contribution in [-0.2, 0) is 4.79 Å². The van der Waals surface area contributed by atoms with Gasteiger partial charge in [-0.2, -0.15) is 0 Å². The molecule has 0 aromatic carbocycles. The van der Waals surface area contributed by atoms with Crippen LogP contribution < -0.4 is 10.7 Å². The minimum Gasteiger partial charge on any atom is -0.313 e. The van der Waals surface area contributed by atoms with Gasteiger partial charge in [0.05, 0.1) is 5.92 Å². The largest absolute Gasteiger partial charge is 0.313 e. The van der Waals surface area contributed by atoms with E-state index in [-0.39, 0.29) is 11.8 Å². The third-order valence-corrected chi connectivity index (χ3v) is 2.20. The summed E-state index contributed by atoms with van der Waals surface area (Å²) in [7, 11) is 3.65. The fourth-order valence-corrected chi connectivity index (χ4v) is 1.52. The zero-order valence-corrected chi connectivity index (χ0v) is 7.92. The topological polar surface area (TPSA) is 44.4 Å². The lowest BCUT2D eigenvalue weighted by Crippen LogP contribution is -2.43. The Bertz CT molecular complexity index is 170. The Labute approximate surface area is 73.3 Å². The van der Waals surface area contributed by atoms with Gasteiger partial charge in [-0.25, -0.2) is 5.01 Å². The van der Waals surface area contributed by atoms with Crippen molar-refractivity contribution in [2.45, 2.75) is 19.4 Å². The summed E-state index contributed by atoms with van der Waals surface area (Å²) in [4.78, 5) is 11.5. The van der Waals surface area contributed by atoms with Crippen molar-refractivity contribution in [3.8, 4) is 0 Å². The molecule has 1 aliphatic heterocycles. The Morgan fingerprint density at radius 3 is 2.67 bits per heavy atom. The molecule has 1 amide bonds. The molecular formula is C8H17N3O. The highest BCUT2D eigenvalue weighted by atomic mass is 16.2. The van der Waals surface area contributed by atoms with Crippen molar-refractivity contribution in [1.29, 1.82) is 0 Å². The summed E-state index contributed by atoms with van der Waals surface area (Å²) >= 11 is 0. The van der Waals surface area contributed by atoms with Gasteiger partial charge in [0.25, 0.3) is 0 Å². The first-order valence-electron chi connectivity index (χ1n) is 4.32. The summed E-state index contributed by atoms with van der Waals surface area (Å²) in [5.74, 6) is 0.255. The van der Waals surface area contributed by atoms with Crippen LogP contribution in [0.4, 0.5) is 0 Å². The van der Waals surface area contributed by atoms with Crippen LogP contribution in [0.5, 0.6) is 0 Å². The first-order chi connectivity index (χ1) is 5.61. The lowest BCUT2D eigenvalue weighted by atomic mass is 10.0. The molecule has 0 aliphatic carbocycles. The second-order valence-corrected chi connectivity index (χ2v) is 3.51. The van der Waals surface area contributed by atoms with Crippen molar-refractivity contribution < 1.29 is 4.79 Å². The average molecular weight is 171 g/mol. The Kier molecular flexibility index (Phi) is 3.05. The number of hydrazine groups is 1. The molecule has 0 radical (unpaired) electrons. The fourth-order valence-electron chi connectivity index (χ4n) is 1.52. The maximum atomic E-state index is 11.5. The molecule has 0 aromatic rings. The van der Waals surface area contributed by atoms with Gasteiger partial charge in [-0.3, -0.25) is 10.2 Å². The molecule has 12 heavy (non-hydrogen) atoms. The van der Waals surface area contributed by atoms with Crippen LogP contribution in [-0.4, -0.2) is 37.6 Å². The zero-order chi connectivity index (χ0) is 9.14. The van der Waals surface area contributed by atoms with E-state index in [4.69, 9.17) is 0 Å². The van der Waals surface area contributed by atoms with Gasteiger partial charge in [-0.1, -0.05) is 0 Å². The Morgan fingerprint density at radius 1 is 1.58 bits per heavy atom. The summed E-state index contributed by atoms with van der Waals surface area (Å²) in [6.07, 6.45) is 0.945. The molecule has 70 valence electrons. The Balaban J connectivity index is 2.41. The SMILES string of the molecule is CC1NCCC1C(=O)NN(C)C. The number of carbonyl (C=O) groups excluding carboxylic acids is 1. The van der Waals surface area contributed by atoms with Gasteiger partial charge >= 0.3 is 0 Å². The molecule has 1 heterocycles. The average Bonchev–Trinajstić information content (AvgIpc) is 2.33. The number of nitrogens with one attached hydrogen (secondary N) is 2. The molecule has 4 nitrogen and oxygen atoms in total. The van der Waals surface area contributed by atoms with Crippen molar-refractivity contribution >= 4 is 5.91 Å². The number of hydrogen-bond donors (Lipinski definition) is 2. The maximum absolute atomic E-state index is 11.5. The molecule has 1 rings (SSSR count). The first-order valence-corrected chi connectivity index (χ1v) is 4.32. The summed E-state index contributed by atoms with van der Waals surface area (Å²) in [6, 6.07) is 0.310. The van der Waals surface area contributed by atoms with Crippen LogP contribution >= 0.6 is 0 Å². The third kappa shape index (κ3) is 2.19. The van der Waals surface area contributed by atoms with E-state index in [0.717, 1.165) is 13.0 Å². The summed E-state index contributed by atoms with van der Waals surface area (Å²) in [5, 5.41) is 4.93. The van der Waals surface area contributed by atoms with E-state index in [2.05, 4.69) is 10.7 Å². The normalized spacial score (nSPS) is 29.3. The molecule has 0 spiro atoms. The number of nitrogens with zero attached hydrogens (tertiary/aromatic N) is 1. The van der Waals surface area contributed by atoms with Crippen LogP contribution in [0.1, 0.15) is 13.3 Å². The molecule has 1 aliphatic rings. The molecule has 0 bridgehead atoms. The minimum absolute atomic E-state index is 0.123. The summed E-state index contributed by atoms with van der Waals surface area (Å²) in [6.45, 7) is 3.00. The van der Waals surface area contributed by atoms with E-state index >= 15 is 0 Å². The smallest absolute Gasteiger partial charge is 0.238 e. The lowest BCUT2D eigenvalue weighted by molar-refractivity contribution is -0.128. The summed E-state index contributed by atoms with van der Waals surface area (Å²) in [5.41, 5.74) is 2.77. The minimum atomic E-state index is 0.123. The van der Waals surface area contributed by atoms with Gasteiger partial charge in [0, 0.05) is 20.1 Å². The summed E-state index contributed by atoms with van der Waals surface area (Å²) < 4.78 is 0. The molecule has 0 saturated carbocycles. The van der Waals surface area contributed by atoms with E-state index in [9.17, 15) is 4.79 Å². The third-order valence-electron chi connectivity index (χ3n) is 2.20. The monoisotopic (exact) mass is 171 g/mol. The van der Waals surface area contributed by atoms with Crippen molar-refractivity contribution in [2.24, 2.45) is 5.92 Å². The number of carbonyl (C=O) groups is 1. The second-order valence-electron chi connectivity index (χ2n) is 3.51. The van der Waals surface area contributed by atoms with E-state index in [1.165, 1.54) is 0 Å². The van der Waals surface area contributed by atoms with Crippen molar-refractivity contribution in [2.75, 3.05) is 20.6 Å². The van der Waals surface area contributed by atoms with Crippen LogP contribution in [0.2, 0.25) is 0 Å². The molecule has 2 N–H and O–H groups in total. The fraction of sp³-hybridized carbons (Fsp3) is 0.875. The van der Waals surface area contributed by atoms with Crippen LogP contribution in [0.25, 0.3) is 0 Å². The van der Waals surface area contributed by atoms with Crippen LogP contribution in [0.15, 0.2) is 0 Å². The van der Waals surface area contributed by atoms with E-state index in [0.29, 0.717) is 6.04 Å². The van der Waals surface area contributed by atoms with Gasteiger partial charge in [0.15, 0.2) is 0 Å². The molecule has 4 heteroatoms. The molecule has 1 saturated heterocycles. The van der Waals surface area contributed by atoms with E-state index in [1.807, 2.05) is 21.0 Å². The number of rotatable bonds is 2. The number of hydrogen-bond acceptors (Lipinski definition) is 3. The predicted octanol–water partition coefficient (Wildman–Crippen LogP) is -0.423. The highest BCUT2D eigenvalue weighted by Crippen LogP contribution is 2.14. The highest BCUT2D eigenvalue weighted by Gasteiger charge is 2.29. The molecular weight excluding hydrogens is 154 g/mol. The van der Waals surface area contributed by atoms with Crippen molar-refractivity contribution in [3.05, 3.63) is 0 Å². The van der Waals surface area contributed by atoms with Crippen molar-refractivity contribution in [1.82, 2.24) is 15.8 Å². The first kappa shape index (κ1) is 9.48. The second kappa shape index (κ2) is 3.87. The Morgan fingerprint density at radius 2 is 2.25 bits per heavy atom. The van der Waals surface area contributed by atoms with Crippen molar-refractivity contribution in [3.63, 3.8) is 0 Å². The number of amides is 1. The molecule has 1 fully saturated rings. The Hall–Kier alpha value is -0.610. The zero-order valence-electron chi connectivity index (χ0n) is 7.92. The van der Waals surface area contributed by atoms with Crippen LogP contribution in [0.3, 0.4) is 0 Å². The predicted molar refractivity (Wildman–Crippen MR) is 47.4 cm³/mol. The lowest BCUT2D eigenvalue weighted by Gasteiger charge is -2.18. The molecule has 0 aromatic heterocycles. The van der Waals surface area contributed by atoms with Gasteiger partial charge in [0.2, 0.25) is 5.91 Å². The highest BCUT2D eigenvalue weighted by molar-refractivity contribution is 5.79.